The molecular weight excluding hydrogens is 308 g/mol. The topological polar surface area (TPSA) is 85.2 Å². The average Bonchev–Trinajstić information content (AvgIpc) is 3.00. The maximum Gasteiger partial charge on any atom is 0.318 e. The molecule has 1 aliphatic carbocycles. The van der Waals surface area contributed by atoms with Crippen LogP contribution in [0.3, 0.4) is 0 Å². The molecule has 1 aromatic rings. The van der Waals surface area contributed by atoms with E-state index < -0.39 is 0 Å². The molecule has 24 heavy (non-hydrogen) atoms. The van der Waals surface area contributed by atoms with Gasteiger partial charge in [-0.25, -0.2) is 9.48 Å². The van der Waals surface area contributed by atoms with Gasteiger partial charge in [-0.2, -0.15) is 0 Å². The molecule has 0 spiro atoms. The molecule has 3 heterocycles. The van der Waals surface area contributed by atoms with Crippen LogP contribution in [0.25, 0.3) is 0 Å². The second kappa shape index (κ2) is 5.98. The van der Waals surface area contributed by atoms with Crippen molar-refractivity contribution in [1.82, 2.24) is 30.4 Å². The Morgan fingerprint density at radius 2 is 2.21 bits per heavy atom. The van der Waals surface area contributed by atoms with Crippen molar-refractivity contribution in [3.05, 3.63) is 5.82 Å². The molecule has 1 N–H and O–H groups in total. The normalized spacial score (nSPS) is 28.7. The van der Waals surface area contributed by atoms with Crippen LogP contribution in [0.5, 0.6) is 0 Å². The molecule has 3 aliphatic rings. The number of tetrazole rings is 1. The number of ether oxygens (including phenoxy) is 1. The Morgan fingerprint density at radius 3 is 2.88 bits per heavy atom. The molecule has 2 atom stereocenters. The number of likely N-dealkylation sites (tertiary alicyclic amines) is 1. The quantitative estimate of drug-likeness (QED) is 0.874. The van der Waals surface area contributed by atoms with E-state index in [1.54, 1.807) is 0 Å². The molecule has 2 amide bonds. The summed E-state index contributed by atoms with van der Waals surface area (Å²) in [6.07, 6.45) is 4.79. The van der Waals surface area contributed by atoms with E-state index in [9.17, 15) is 4.79 Å². The van der Waals surface area contributed by atoms with E-state index in [1.807, 2.05) is 9.58 Å². The van der Waals surface area contributed by atoms with Crippen molar-refractivity contribution in [3.63, 3.8) is 0 Å². The standard InChI is InChI=1S/C16H26N6O2/c1-16(2)10-21(14(16)12-4-3-7-24-12)15(23)17-8-13-18-19-20-22(13)9-11-5-6-11/h11-12,14H,3-10H2,1-2H3,(H,17,23). The maximum absolute atomic E-state index is 12.6. The van der Waals surface area contributed by atoms with Crippen LogP contribution in [-0.2, 0) is 17.8 Å². The van der Waals surface area contributed by atoms with Crippen LogP contribution in [0.1, 0.15) is 45.4 Å². The van der Waals surface area contributed by atoms with E-state index in [0.717, 1.165) is 38.4 Å². The number of rotatable bonds is 5. The highest BCUT2D eigenvalue weighted by molar-refractivity contribution is 5.76. The first-order valence-electron chi connectivity index (χ1n) is 8.96. The third-order valence-corrected chi connectivity index (χ3v) is 5.42. The van der Waals surface area contributed by atoms with Gasteiger partial charge in [0.1, 0.15) is 0 Å². The molecule has 0 aromatic carbocycles. The largest absolute Gasteiger partial charge is 0.376 e. The van der Waals surface area contributed by atoms with Crippen molar-refractivity contribution in [2.24, 2.45) is 11.3 Å². The number of carbonyl (C=O) groups is 1. The van der Waals surface area contributed by atoms with Gasteiger partial charge in [-0.1, -0.05) is 13.8 Å². The zero-order chi connectivity index (χ0) is 16.7. The third-order valence-electron chi connectivity index (χ3n) is 5.42. The molecule has 1 saturated carbocycles. The summed E-state index contributed by atoms with van der Waals surface area (Å²) >= 11 is 0. The zero-order valence-electron chi connectivity index (χ0n) is 14.4. The minimum absolute atomic E-state index is 0.0456. The monoisotopic (exact) mass is 334 g/mol. The highest BCUT2D eigenvalue weighted by Crippen LogP contribution is 2.42. The van der Waals surface area contributed by atoms with E-state index >= 15 is 0 Å². The molecule has 2 saturated heterocycles. The van der Waals surface area contributed by atoms with Crippen LogP contribution in [0.15, 0.2) is 0 Å². The molecule has 132 valence electrons. The molecule has 2 unspecified atom stereocenters. The molecule has 2 aliphatic heterocycles. The van der Waals surface area contributed by atoms with E-state index in [4.69, 9.17) is 4.74 Å². The van der Waals surface area contributed by atoms with E-state index in [-0.39, 0.29) is 23.6 Å². The second-order valence-electron chi connectivity index (χ2n) is 7.99. The summed E-state index contributed by atoms with van der Waals surface area (Å²) in [5, 5.41) is 14.8. The number of hydrogen-bond acceptors (Lipinski definition) is 5. The Kier molecular flexibility index (Phi) is 3.94. The Bertz CT molecular complexity index is 605. The zero-order valence-corrected chi connectivity index (χ0v) is 14.4. The summed E-state index contributed by atoms with van der Waals surface area (Å²) in [6.45, 7) is 7.21. The Balaban J connectivity index is 1.35. The summed E-state index contributed by atoms with van der Waals surface area (Å²) in [5.41, 5.74) is 0.111. The fourth-order valence-corrected chi connectivity index (χ4v) is 3.99. The SMILES string of the molecule is CC1(C)CN(C(=O)NCc2nnnn2CC2CC2)C1C1CCCO1. The minimum atomic E-state index is -0.0456. The van der Waals surface area contributed by atoms with Gasteiger partial charge < -0.3 is 15.0 Å². The third kappa shape index (κ3) is 2.99. The summed E-state index contributed by atoms with van der Waals surface area (Å²) in [7, 11) is 0. The first-order valence-corrected chi connectivity index (χ1v) is 8.96. The van der Waals surface area contributed by atoms with Crippen LogP contribution in [0.4, 0.5) is 4.79 Å². The highest BCUT2D eigenvalue weighted by Gasteiger charge is 2.52. The molecule has 1 aromatic heterocycles. The highest BCUT2D eigenvalue weighted by atomic mass is 16.5. The first-order chi connectivity index (χ1) is 11.5. The van der Waals surface area contributed by atoms with Crippen LogP contribution >= 0.6 is 0 Å². The fourth-order valence-electron chi connectivity index (χ4n) is 3.99. The number of nitrogens with zero attached hydrogens (tertiary/aromatic N) is 5. The summed E-state index contributed by atoms with van der Waals surface area (Å²) in [4.78, 5) is 14.5. The van der Waals surface area contributed by atoms with E-state index in [2.05, 4.69) is 34.7 Å². The van der Waals surface area contributed by atoms with Crippen molar-refractivity contribution in [2.75, 3.05) is 13.2 Å². The lowest BCUT2D eigenvalue weighted by Crippen LogP contribution is -2.69. The summed E-state index contributed by atoms with van der Waals surface area (Å²) in [6, 6.07) is 0.109. The van der Waals surface area contributed by atoms with Crippen LogP contribution in [-0.4, -0.2) is 56.4 Å². The molecular formula is C16H26N6O2. The Labute approximate surface area is 141 Å². The molecule has 0 bridgehead atoms. The predicted octanol–water partition coefficient (Wildman–Crippen LogP) is 1.18. The molecule has 0 radical (unpaired) electrons. The summed E-state index contributed by atoms with van der Waals surface area (Å²) in [5.74, 6) is 1.42. The van der Waals surface area contributed by atoms with Gasteiger partial charge in [-0.3, -0.25) is 0 Å². The lowest BCUT2D eigenvalue weighted by molar-refractivity contribution is -0.0911. The lowest BCUT2D eigenvalue weighted by atomic mass is 9.72. The molecule has 8 heteroatoms. The van der Waals surface area contributed by atoms with Crippen LogP contribution in [0.2, 0.25) is 0 Å². The van der Waals surface area contributed by atoms with Crippen molar-refractivity contribution in [2.45, 2.75) is 64.8 Å². The van der Waals surface area contributed by atoms with Gasteiger partial charge in [-0.15, -0.1) is 5.10 Å². The number of nitrogens with one attached hydrogen (secondary N) is 1. The maximum atomic E-state index is 12.6. The minimum Gasteiger partial charge on any atom is -0.376 e. The van der Waals surface area contributed by atoms with Crippen molar-refractivity contribution in [3.8, 4) is 0 Å². The lowest BCUT2D eigenvalue weighted by Gasteiger charge is -2.56. The Morgan fingerprint density at radius 1 is 1.38 bits per heavy atom. The Hall–Kier alpha value is -1.70. The molecule has 4 rings (SSSR count). The predicted molar refractivity (Wildman–Crippen MR) is 86.0 cm³/mol. The fraction of sp³-hybridized carbons (Fsp3) is 0.875. The van der Waals surface area contributed by atoms with E-state index in [1.165, 1.54) is 12.8 Å². The number of amides is 2. The molecule has 3 fully saturated rings. The van der Waals surface area contributed by atoms with E-state index in [0.29, 0.717) is 12.5 Å². The summed E-state index contributed by atoms with van der Waals surface area (Å²) < 4.78 is 7.65. The van der Waals surface area contributed by atoms with Gasteiger partial charge in [0.15, 0.2) is 5.82 Å². The van der Waals surface area contributed by atoms with Gasteiger partial charge in [-0.05, 0) is 42.0 Å². The second-order valence-corrected chi connectivity index (χ2v) is 7.99. The molecule has 8 nitrogen and oxygen atoms in total. The van der Waals surface area contributed by atoms with Gasteiger partial charge in [0.05, 0.1) is 18.7 Å². The van der Waals surface area contributed by atoms with Gasteiger partial charge in [0.2, 0.25) is 0 Å². The van der Waals surface area contributed by atoms with Gasteiger partial charge >= 0.3 is 6.03 Å². The van der Waals surface area contributed by atoms with Crippen molar-refractivity contribution < 1.29 is 9.53 Å². The van der Waals surface area contributed by atoms with Crippen LogP contribution in [0, 0.1) is 11.3 Å². The smallest absolute Gasteiger partial charge is 0.318 e. The first kappa shape index (κ1) is 15.8. The number of urea groups is 1. The van der Waals surface area contributed by atoms with Crippen molar-refractivity contribution in [1.29, 1.82) is 0 Å². The average molecular weight is 334 g/mol. The van der Waals surface area contributed by atoms with Gasteiger partial charge in [0.25, 0.3) is 0 Å². The number of carbonyl (C=O) groups excluding carboxylic acids is 1. The van der Waals surface area contributed by atoms with Crippen LogP contribution < -0.4 is 5.32 Å². The van der Waals surface area contributed by atoms with Crippen molar-refractivity contribution >= 4 is 6.03 Å². The number of hydrogen-bond donors (Lipinski definition) is 1. The number of aromatic nitrogens is 4. The van der Waals surface area contributed by atoms with Gasteiger partial charge in [0, 0.05) is 25.1 Å².